The van der Waals surface area contributed by atoms with Crippen molar-refractivity contribution in [2.45, 2.75) is 85.5 Å². The van der Waals surface area contributed by atoms with Crippen molar-refractivity contribution in [3.63, 3.8) is 0 Å². The fourth-order valence-electron chi connectivity index (χ4n) is 6.02. The van der Waals surface area contributed by atoms with Crippen LogP contribution in [-0.2, 0) is 30.3 Å². The molecule has 4 nitrogen and oxygen atoms in total. The Morgan fingerprint density at radius 1 is 0.889 bits per heavy atom. The molecule has 0 amide bonds. The summed E-state index contributed by atoms with van der Waals surface area (Å²) in [5.74, 6) is 0.192. The van der Waals surface area contributed by atoms with Crippen LogP contribution in [0.2, 0.25) is 0 Å². The molecule has 4 rings (SSSR count). The van der Waals surface area contributed by atoms with Crippen molar-refractivity contribution in [2.75, 3.05) is 5.75 Å². The molecule has 2 saturated carbocycles. The molecule has 2 bridgehead atoms. The second kappa shape index (κ2) is 11.2. The number of aryl methyl sites for hydroxylation is 2. The molecule has 2 aromatic carbocycles. The zero-order valence-electron chi connectivity index (χ0n) is 22.2. The molecular weight excluding hydrogens is 583 g/mol. The van der Waals surface area contributed by atoms with Gasteiger partial charge in [-0.25, -0.2) is 0 Å². The van der Waals surface area contributed by atoms with Crippen LogP contribution in [0.5, 0.6) is 0 Å². The number of rotatable bonds is 12. The Kier molecular flexibility index (Phi) is 8.67. The van der Waals surface area contributed by atoms with Crippen molar-refractivity contribution in [1.82, 2.24) is 0 Å². The fourth-order valence-corrected chi connectivity index (χ4v) is 13.7. The summed E-state index contributed by atoms with van der Waals surface area (Å²) in [5.41, 5.74) is 1.42. The number of carbonyl (C=O) groups excluding carboxylic acids is 1. The molecule has 0 aliphatic heterocycles. The first kappa shape index (κ1) is 27.8. The molecule has 2 unspecified atom stereocenters. The summed E-state index contributed by atoms with van der Waals surface area (Å²) in [5, 5.41) is 0. The molecule has 2 aliphatic carbocycles. The van der Waals surface area contributed by atoms with E-state index in [9.17, 15) is 13.2 Å². The van der Waals surface area contributed by atoms with E-state index in [1.807, 2.05) is 0 Å². The molecule has 198 valence electrons. The predicted molar refractivity (Wildman–Crippen MR) is 155 cm³/mol. The van der Waals surface area contributed by atoms with Gasteiger partial charge in [-0.2, -0.15) is 0 Å². The third-order valence-electron chi connectivity index (χ3n) is 8.58. The van der Waals surface area contributed by atoms with Crippen molar-refractivity contribution >= 4 is 36.1 Å². The van der Waals surface area contributed by atoms with Gasteiger partial charge in [0.15, 0.2) is 0 Å². The molecule has 0 heterocycles. The van der Waals surface area contributed by atoms with Gasteiger partial charge >= 0.3 is 227 Å². The van der Waals surface area contributed by atoms with Crippen molar-refractivity contribution in [3.05, 3.63) is 66.8 Å². The van der Waals surface area contributed by atoms with Crippen LogP contribution in [0.4, 0.5) is 0 Å². The van der Waals surface area contributed by atoms with Gasteiger partial charge in [0.2, 0.25) is 0 Å². The second-order valence-electron chi connectivity index (χ2n) is 11.1. The minimum absolute atomic E-state index is 0.108. The summed E-state index contributed by atoms with van der Waals surface area (Å²) in [7, 11) is -3.91. The molecule has 0 spiro atoms. The fraction of sp³-hybridized carbons (Fsp3) is 0.567. The van der Waals surface area contributed by atoms with Crippen LogP contribution in [0.3, 0.4) is 0 Å². The Morgan fingerprint density at radius 2 is 1.39 bits per heavy atom. The van der Waals surface area contributed by atoms with Crippen LogP contribution < -0.4 is 0 Å². The summed E-state index contributed by atoms with van der Waals surface area (Å²) in [6, 6.07) is 16.7. The van der Waals surface area contributed by atoms with Gasteiger partial charge in [-0.3, -0.25) is 0 Å². The van der Waals surface area contributed by atoms with Crippen molar-refractivity contribution in [3.8, 4) is 0 Å². The van der Waals surface area contributed by atoms with E-state index < -0.39 is 35.8 Å². The number of hydrogen-bond acceptors (Lipinski definition) is 4. The van der Waals surface area contributed by atoms with Crippen LogP contribution in [0.25, 0.3) is 0 Å². The topological polar surface area (TPSA) is 60.4 Å². The molecule has 2 aromatic rings. The van der Waals surface area contributed by atoms with Crippen LogP contribution in [0.15, 0.2) is 48.5 Å². The maximum absolute atomic E-state index is 13.6. The molecular formula is C30H41IO4S. The number of hydrogen-bond donors (Lipinski definition) is 0. The number of fused-ring (bicyclic) bond motifs is 2. The van der Waals surface area contributed by atoms with E-state index in [0.717, 1.165) is 52.1 Å². The number of unbranched alkanes of at least 4 members (excludes halogenated alkanes) is 2. The van der Waals surface area contributed by atoms with Gasteiger partial charge in [0, 0.05) is 0 Å². The standard InChI is InChI=1S/C30H41IO4S/c1-5-7-9-23-11-15-26(16-12-23)31(27-17-13-24(14-18-27)10-8-6-2)35-36(33,34)22-30-20-19-25(21-28(30)32)29(30,3)4/h11-18,25H,5-10,19-22H2,1-4H3. The Bertz CT molecular complexity index is 1100. The second-order valence-corrected chi connectivity index (χ2v) is 17.7. The van der Waals surface area contributed by atoms with E-state index in [1.165, 1.54) is 11.1 Å². The third-order valence-corrected chi connectivity index (χ3v) is 16.2. The van der Waals surface area contributed by atoms with Gasteiger partial charge in [0.25, 0.3) is 0 Å². The average Bonchev–Trinajstić information content (AvgIpc) is 3.20. The Labute approximate surface area is 225 Å². The molecule has 2 aliphatic rings. The Balaban J connectivity index is 1.62. The summed E-state index contributed by atoms with van der Waals surface area (Å²) in [6.07, 6.45) is 8.69. The number of benzene rings is 2. The van der Waals surface area contributed by atoms with Crippen LogP contribution in [0, 0.1) is 23.9 Å². The van der Waals surface area contributed by atoms with E-state index in [-0.39, 0.29) is 22.9 Å². The maximum atomic E-state index is 13.6. The molecule has 2 atom stereocenters. The summed E-state index contributed by atoms with van der Waals surface area (Å²) < 4.78 is 35.4. The SMILES string of the molecule is CCCCc1ccc(I(OS(=O)(=O)CC23CCC(CC2=O)C3(C)C)c2ccc(CCCC)cc2)cc1. The van der Waals surface area contributed by atoms with E-state index in [2.05, 4.69) is 76.2 Å². The van der Waals surface area contributed by atoms with Crippen molar-refractivity contribution in [1.29, 1.82) is 0 Å². The molecule has 2 fully saturated rings. The zero-order chi connectivity index (χ0) is 26.0. The average molecular weight is 625 g/mol. The van der Waals surface area contributed by atoms with Gasteiger partial charge in [-0.15, -0.1) is 0 Å². The first-order valence-electron chi connectivity index (χ1n) is 13.5. The van der Waals surface area contributed by atoms with E-state index in [0.29, 0.717) is 12.8 Å². The van der Waals surface area contributed by atoms with E-state index >= 15 is 0 Å². The monoisotopic (exact) mass is 624 g/mol. The number of ketones is 1. The molecule has 36 heavy (non-hydrogen) atoms. The van der Waals surface area contributed by atoms with E-state index in [1.54, 1.807) is 0 Å². The minimum atomic E-state index is -3.91. The van der Waals surface area contributed by atoms with Gasteiger partial charge in [0.05, 0.1) is 0 Å². The van der Waals surface area contributed by atoms with Crippen LogP contribution >= 0.6 is 20.2 Å². The molecule has 0 aromatic heterocycles. The van der Waals surface area contributed by atoms with Gasteiger partial charge < -0.3 is 0 Å². The van der Waals surface area contributed by atoms with Gasteiger partial charge in [0.1, 0.15) is 0 Å². The molecule has 0 N–H and O–H groups in total. The van der Waals surface area contributed by atoms with Gasteiger partial charge in [-0.1, -0.05) is 0 Å². The molecule has 0 saturated heterocycles. The normalized spacial score (nSPS) is 23.3. The first-order chi connectivity index (χ1) is 17.1. The van der Waals surface area contributed by atoms with Gasteiger partial charge in [-0.05, 0) is 0 Å². The number of Topliss-reactive ketones (excluding diaryl/α,β-unsaturated/α-hetero) is 1. The Morgan fingerprint density at radius 3 is 1.78 bits per heavy atom. The molecule has 6 heteroatoms. The number of carbonyl (C=O) groups is 1. The van der Waals surface area contributed by atoms with Crippen molar-refractivity contribution < 1.29 is 15.7 Å². The summed E-state index contributed by atoms with van der Waals surface area (Å²) in [6.45, 7) is 8.52. The Hall–Kier alpha value is -1.25. The zero-order valence-corrected chi connectivity index (χ0v) is 25.2. The third kappa shape index (κ3) is 5.60. The summed E-state index contributed by atoms with van der Waals surface area (Å²) in [4.78, 5) is 13.0. The number of halogens is 1. The predicted octanol–water partition coefficient (Wildman–Crippen LogP) is 7.57. The van der Waals surface area contributed by atoms with Crippen LogP contribution in [-0.4, -0.2) is 20.0 Å². The van der Waals surface area contributed by atoms with Crippen LogP contribution in [0.1, 0.15) is 83.8 Å². The molecule has 0 radical (unpaired) electrons. The van der Waals surface area contributed by atoms with Crippen molar-refractivity contribution in [2.24, 2.45) is 16.7 Å². The first-order valence-corrected chi connectivity index (χ1v) is 18.1. The quantitative estimate of drug-likeness (QED) is 0.229. The summed E-state index contributed by atoms with van der Waals surface area (Å²) >= 11 is -2.75. The van der Waals surface area contributed by atoms with E-state index in [4.69, 9.17) is 2.51 Å².